The Bertz CT molecular complexity index is 897. The second-order valence-electron chi connectivity index (χ2n) is 5.35. The van der Waals surface area contributed by atoms with Gasteiger partial charge < -0.3 is 70.2 Å². The second-order valence-corrected chi connectivity index (χ2v) is 8.43. The largest absolute Gasteiger partial charge is 0.466 e. The molecule has 34 heavy (non-hydrogen) atoms. The Kier molecular flexibility index (Phi) is 16.9. The Morgan fingerprint density at radius 2 is 1.41 bits per heavy atom. The lowest BCUT2D eigenvalue weighted by atomic mass is 10.1. The van der Waals surface area contributed by atoms with Gasteiger partial charge in [0.2, 0.25) is 0 Å². The lowest BCUT2D eigenvalue weighted by Gasteiger charge is -2.14. The number of nitrogen functional groups attached to an aromatic ring is 1. The molecule has 1 fully saturated rings. The van der Waals surface area contributed by atoms with Crippen molar-refractivity contribution in [3.63, 3.8) is 0 Å². The van der Waals surface area contributed by atoms with Crippen molar-refractivity contribution in [2.75, 3.05) is 12.3 Å². The molecule has 24 heteroatoms. The molecule has 1 aliphatic heterocycles. The Labute approximate surface area is 187 Å². The van der Waals surface area contributed by atoms with E-state index in [4.69, 9.17) is 73.3 Å². The number of aliphatic hydroxyl groups excluding tert-OH is 2. The number of nitrogens with zero attached hydrogens (tertiary/aromatic N) is 2. The van der Waals surface area contributed by atoms with E-state index in [0.717, 1.165) is 4.57 Å². The Balaban J connectivity index is -0.000000496. The Hall–Kier alpha value is -1.48. The van der Waals surface area contributed by atoms with Gasteiger partial charge in [-0.3, -0.25) is 4.57 Å². The van der Waals surface area contributed by atoms with Crippen LogP contribution in [0.3, 0.4) is 0 Å². The highest BCUT2D eigenvalue weighted by molar-refractivity contribution is 7.45. The zero-order valence-electron chi connectivity index (χ0n) is 16.3. The summed E-state index contributed by atoms with van der Waals surface area (Å²) in [5, 5.41) is 18.6. The highest BCUT2D eigenvalue weighted by Crippen LogP contribution is 2.33. The molecule has 0 amide bonds. The van der Waals surface area contributed by atoms with Crippen LogP contribution >= 0.6 is 23.5 Å². The Morgan fingerprint density at radius 3 is 1.71 bits per heavy atom. The van der Waals surface area contributed by atoms with Gasteiger partial charge in [-0.2, -0.15) is 4.98 Å². The van der Waals surface area contributed by atoms with Gasteiger partial charge in [0.1, 0.15) is 18.0 Å². The van der Waals surface area contributed by atoms with E-state index in [2.05, 4.69) is 4.98 Å². The maximum absolute atomic E-state index is 12.8. The van der Waals surface area contributed by atoms with Crippen LogP contribution in [0.5, 0.6) is 0 Å². The van der Waals surface area contributed by atoms with Gasteiger partial charge in [0.15, 0.2) is 6.23 Å². The molecule has 1 aliphatic rings. The fourth-order valence-electron chi connectivity index (χ4n) is 1.77. The van der Waals surface area contributed by atoms with E-state index in [-0.39, 0.29) is 23.2 Å². The molecule has 202 valence electrons. The number of aliphatic hydroxyl groups is 2. The van der Waals surface area contributed by atoms with E-state index < -0.39 is 54.2 Å². The molecule has 1 saturated heterocycles. The van der Waals surface area contributed by atoms with Crippen molar-refractivity contribution in [2.45, 2.75) is 18.4 Å². The number of aromatic nitrogens is 2. The minimum Gasteiger partial charge on any atom is -0.412 e. The molecule has 1 aromatic rings. The van der Waals surface area contributed by atoms with Gasteiger partial charge in [-0.05, 0) is 6.07 Å². The van der Waals surface area contributed by atoms with Crippen LogP contribution in [0.1, 0.15) is 6.23 Å². The summed E-state index contributed by atoms with van der Waals surface area (Å²) in [7, 11) is -13.9. The number of hydrogen-bond donors (Lipinski definition) is 12. The van der Waals surface area contributed by atoms with Crippen molar-refractivity contribution in [3.8, 4) is 0 Å². The SMILES string of the molecule is Nc1ccn([C@@H]2O[C@H](CO)[C@@H](O)/C2=C/F)c(=O)n1.O.O=P(O)(O)O.O=P(O)(O)O.O=P(O)(O)O. The molecule has 1 aromatic heterocycles. The van der Waals surface area contributed by atoms with Crippen molar-refractivity contribution < 1.29 is 82.6 Å². The molecule has 2 rings (SSSR count). The average molecular weight is 569 g/mol. The third kappa shape index (κ3) is 21.1. The fraction of sp³-hybridized carbons (Fsp3) is 0.400. The number of nitrogens with two attached hydrogens (primary N) is 1. The van der Waals surface area contributed by atoms with Crippen molar-refractivity contribution in [1.82, 2.24) is 9.55 Å². The van der Waals surface area contributed by atoms with Gasteiger partial charge in [-0.15, -0.1) is 0 Å². The standard InChI is InChI=1S/C10H12FN3O4.3H3O4P.H2O/c11-3-5-8(16)6(4-15)18-9(5)14-2-1-7(12)13-10(14)17;3*1-5(2,3)4;/h1-3,6,8-9,15-16H,4H2,(H2,12,13,17);3*(H3,1,2,3,4);1H2/b5-3-;;;;/t6-,8+,9-;;;;/m1..../s1. The summed E-state index contributed by atoms with van der Waals surface area (Å²) < 4.78 is 45.6. The number of halogens is 1. The van der Waals surface area contributed by atoms with Gasteiger partial charge >= 0.3 is 29.2 Å². The van der Waals surface area contributed by atoms with Crippen LogP contribution in [0.2, 0.25) is 0 Å². The molecule has 0 saturated carbocycles. The van der Waals surface area contributed by atoms with Crippen molar-refractivity contribution >= 4 is 29.3 Å². The van der Waals surface area contributed by atoms with Crippen LogP contribution in [0.4, 0.5) is 10.2 Å². The summed E-state index contributed by atoms with van der Waals surface area (Å²) in [5.74, 6) is 0.0271. The van der Waals surface area contributed by atoms with Gasteiger partial charge in [-0.25, -0.2) is 22.9 Å². The number of hydrogen-bond acceptors (Lipinski definition) is 9. The maximum Gasteiger partial charge on any atom is 0.466 e. The van der Waals surface area contributed by atoms with E-state index in [9.17, 15) is 14.3 Å². The summed E-state index contributed by atoms with van der Waals surface area (Å²) in [4.78, 5) is 79.7. The minimum absolute atomic E-state index is 0. The number of ether oxygens (including phenoxy) is 1. The molecule has 0 bridgehead atoms. The zero-order valence-corrected chi connectivity index (χ0v) is 19.0. The van der Waals surface area contributed by atoms with Gasteiger partial charge in [0.05, 0.1) is 12.9 Å². The first-order chi connectivity index (χ1) is 14.6. The maximum atomic E-state index is 12.8. The molecule has 0 unspecified atom stereocenters. The van der Waals surface area contributed by atoms with Gasteiger partial charge in [0, 0.05) is 11.8 Å². The quantitative estimate of drug-likeness (QED) is 0.149. The molecule has 3 atom stereocenters. The number of phosphoric acid groups is 3. The summed E-state index contributed by atoms with van der Waals surface area (Å²) in [5.41, 5.74) is 4.45. The van der Waals surface area contributed by atoms with Gasteiger partial charge in [0.25, 0.3) is 0 Å². The number of rotatable bonds is 2. The lowest BCUT2D eigenvalue weighted by molar-refractivity contribution is -0.0447. The lowest BCUT2D eigenvalue weighted by Crippen LogP contribution is -2.28. The third-order valence-electron chi connectivity index (χ3n) is 2.69. The molecule has 0 spiro atoms. The summed E-state index contributed by atoms with van der Waals surface area (Å²) in [6.07, 6.45) is -1.99. The topological polar surface area (TPSA) is 375 Å². The van der Waals surface area contributed by atoms with Crippen LogP contribution in [-0.4, -0.2) is 88.1 Å². The average Bonchev–Trinajstić information content (AvgIpc) is 2.85. The highest BCUT2D eigenvalue weighted by Gasteiger charge is 2.40. The van der Waals surface area contributed by atoms with Crippen molar-refractivity contribution in [3.05, 3.63) is 34.7 Å². The van der Waals surface area contributed by atoms with E-state index in [1.165, 1.54) is 12.3 Å². The second kappa shape index (κ2) is 15.5. The monoisotopic (exact) mass is 569 g/mol. The predicted octanol–water partition coefficient (Wildman–Crippen LogP) is -4.68. The molecule has 15 N–H and O–H groups in total. The summed E-state index contributed by atoms with van der Waals surface area (Å²) in [6.45, 7) is -0.494. The first kappa shape index (κ1) is 37.1. The zero-order chi connectivity index (χ0) is 26.8. The highest BCUT2D eigenvalue weighted by atomic mass is 31.2. The third-order valence-corrected chi connectivity index (χ3v) is 2.69. The molecular weight excluding hydrogens is 546 g/mol. The van der Waals surface area contributed by atoms with Gasteiger partial charge in [-0.1, -0.05) is 0 Å². The first-order valence-electron chi connectivity index (χ1n) is 7.52. The smallest absolute Gasteiger partial charge is 0.412 e. The van der Waals surface area contributed by atoms with Crippen LogP contribution in [0.25, 0.3) is 0 Å². The summed E-state index contributed by atoms with van der Waals surface area (Å²) in [6, 6.07) is 1.35. The normalized spacial score (nSPS) is 21.1. The Morgan fingerprint density at radius 1 is 1.03 bits per heavy atom. The summed E-state index contributed by atoms with van der Waals surface area (Å²) >= 11 is 0. The minimum atomic E-state index is -4.64. The first-order valence-corrected chi connectivity index (χ1v) is 12.2. The number of anilines is 1. The van der Waals surface area contributed by atoms with Crippen LogP contribution in [0, 0.1) is 0 Å². The van der Waals surface area contributed by atoms with E-state index in [0.29, 0.717) is 0 Å². The molecule has 0 radical (unpaired) electrons. The molecule has 0 aromatic carbocycles. The molecule has 20 nitrogen and oxygen atoms in total. The van der Waals surface area contributed by atoms with E-state index in [1.807, 2.05) is 0 Å². The molecule has 0 aliphatic carbocycles. The van der Waals surface area contributed by atoms with Crippen molar-refractivity contribution in [2.24, 2.45) is 0 Å². The van der Waals surface area contributed by atoms with E-state index in [1.54, 1.807) is 0 Å². The van der Waals surface area contributed by atoms with Crippen LogP contribution in [-0.2, 0) is 18.4 Å². The van der Waals surface area contributed by atoms with Crippen LogP contribution < -0.4 is 11.4 Å². The van der Waals surface area contributed by atoms with E-state index >= 15 is 0 Å². The molecular formula is C10H23FN3O17P3. The van der Waals surface area contributed by atoms with Crippen LogP contribution in [0.15, 0.2) is 29.0 Å². The fourth-order valence-corrected chi connectivity index (χ4v) is 1.77. The predicted molar refractivity (Wildman–Crippen MR) is 106 cm³/mol. The molecule has 2 heterocycles. The van der Waals surface area contributed by atoms with Crippen molar-refractivity contribution in [1.29, 1.82) is 0 Å².